The fraction of sp³-hybridized carbons (Fsp3) is 0.357. The minimum absolute atomic E-state index is 0.725. The maximum absolute atomic E-state index is 5.32. The van der Waals surface area contributed by atoms with E-state index in [9.17, 15) is 0 Å². The second kappa shape index (κ2) is 6.04. The summed E-state index contributed by atoms with van der Waals surface area (Å²) in [5.41, 5.74) is 2.12. The zero-order chi connectivity index (χ0) is 13.8. The summed E-state index contributed by atoms with van der Waals surface area (Å²) >= 11 is 1.70. The number of hydrogen-bond acceptors (Lipinski definition) is 5. The van der Waals surface area contributed by atoms with Crippen LogP contribution in [-0.4, -0.2) is 26.3 Å². The highest BCUT2D eigenvalue weighted by molar-refractivity contribution is 7.15. The predicted molar refractivity (Wildman–Crippen MR) is 78.2 cm³/mol. The monoisotopic (exact) mass is 278 g/mol. The van der Waals surface area contributed by atoms with E-state index in [2.05, 4.69) is 10.3 Å². The predicted octanol–water partition coefficient (Wildman–Crippen LogP) is 2.86. The first-order valence-electron chi connectivity index (χ1n) is 6.03. The number of hydrogen-bond donors (Lipinski definition) is 1. The molecule has 2 aromatic rings. The molecule has 0 atom stereocenters. The van der Waals surface area contributed by atoms with Gasteiger partial charge in [0, 0.05) is 17.0 Å². The molecule has 1 heterocycles. The van der Waals surface area contributed by atoms with Crippen LogP contribution in [0.3, 0.4) is 0 Å². The Morgan fingerprint density at radius 3 is 2.58 bits per heavy atom. The molecule has 19 heavy (non-hydrogen) atoms. The van der Waals surface area contributed by atoms with Crippen LogP contribution in [0.4, 0.5) is 0 Å². The van der Waals surface area contributed by atoms with Crippen molar-refractivity contribution in [2.45, 2.75) is 13.5 Å². The number of nitrogens with one attached hydrogen (secondary N) is 1. The van der Waals surface area contributed by atoms with Gasteiger partial charge < -0.3 is 14.8 Å². The number of methoxy groups -OCH3 is 2. The van der Waals surface area contributed by atoms with Crippen molar-refractivity contribution in [2.24, 2.45) is 0 Å². The average molecular weight is 278 g/mol. The summed E-state index contributed by atoms with van der Waals surface area (Å²) in [5.74, 6) is 1.46. The highest BCUT2D eigenvalue weighted by Gasteiger charge is 2.11. The number of ether oxygens (including phenoxy) is 2. The zero-order valence-electron chi connectivity index (χ0n) is 11.6. The molecule has 2 rings (SSSR count). The Balaban J connectivity index is 2.38. The summed E-state index contributed by atoms with van der Waals surface area (Å²) in [7, 11) is 5.21. The van der Waals surface area contributed by atoms with E-state index in [1.165, 1.54) is 4.88 Å². The molecule has 0 aliphatic rings. The minimum atomic E-state index is 0.725. The van der Waals surface area contributed by atoms with Gasteiger partial charge in [-0.1, -0.05) is 0 Å². The summed E-state index contributed by atoms with van der Waals surface area (Å²) in [4.78, 5) is 5.87. The molecule has 0 saturated carbocycles. The second-order valence-corrected chi connectivity index (χ2v) is 5.21. The van der Waals surface area contributed by atoms with E-state index in [0.29, 0.717) is 0 Å². The topological polar surface area (TPSA) is 43.4 Å². The Kier molecular flexibility index (Phi) is 4.39. The molecule has 0 aliphatic heterocycles. The number of rotatable bonds is 5. The third-order valence-corrected chi connectivity index (χ3v) is 4.07. The van der Waals surface area contributed by atoms with Crippen LogP contribution in [0.1, 0.15) is 10.6 Å². The van der Waals surface area contributed by atoms with E-state index in [1.54, 1.807) is 25.6 Å². The molecule has 0 bridgehead atoms. The van der Waals surface area contributed by atoms with Crippen LogP contribution in [0.2, 0.25) is 0 Å². The standard InChI is InChI=1S/C14H18N2O2S/c1-9-13(8-15-2)19-14(16-9)10-5-6-11(17-3)12(7-10)18-4/h5-7,15H,8H2,1-4H3. The summed E-state index contributed by atoms with van der Waals surface area (Å²) in [6, 6.07) is 5.87. The van der Waals surface area contributed by atoms with Crippen molar-refractivity contribution in [3.63, 3.8) is 0 Å². The molecule has 102 valence electrons. The zero-order valence-corrected chi connectivity index (χ0v) is 12.4. The van der Waals surface area contributed by atoms with Crippen LogP contribution in [0.15, 0.2) is 18.2 Å². The maximum atomic E-state index is 5.32. The Bertz CT molecular complexity index is 567. The highest BCUT2D eigenvalue weighted by atomic mass is 32.1. The fourth-order valence-electron chi connectivity index (χ4n) is 1.85. The number of aryl methyl sites for hydroxylation is 1. The lowest BCUT2D eigenvalue weighted by Gasteiger charge is -2.08. The quantitative estimate of drug-likeness (QED) is 0.913. The van der Waals surface area contributed by atoms with Crippen LogP contribution in [0.5, 0.6) is 11.5 Å². The lowest BCUT2D eigenvalue weighted by molar-refractivity contribution is 0.355. The van der Waals surface area contributed by atoms with Crippen molar-refractivity contribution in [3.8, 4) is 22.1 Å². The van der Waals surface area contributed by atoms with Crippen LogP contribution < -0.4 is 14.8 Å². The second-order valence-electron chi connectivity index (χ2n) is 4.13. The smallest absolute Gasteiger partial charge is 0.161 e. The molecule has 1 N–H and O–H groups in total. The molecule has 0 radical (unpaired) electrons. The van der Waals surface area contributed by atoms with E-state index in [1.807, 2.05) is 32.2 Å². The molecular formula is C14H18N2O2S. The molecule has 0 aliphatic carbocycles. The molecule has 4 nitrogen and oxygen atoms in total. The SMILES string of the molecule is CNCc1sc(-c2ccc(OC)c(OC)c2)nc1C. The third-order valence-electron chi connectivity index (χ3n) is 2.86. The van der Waals surface area contributed by atoms with Gasteiger partial charge in [0.1, 0.15) is 5.01 Å². The first kappa shape index (κ1) is 13.8. The fourth-order valence-corrected chi connectivity index (χ4v) is 2.92. The van der Waals surface area contributed by atoms with Gasteiger partial charge >= 0.3 is 0 Å². The van der Waals surface area contributed by atoms with E-state index in [-0.39, 0.29) is 0 Å². The van der Waals surface area contributed by atoms with Gasteiger partial charge in [0.15, 0.2) is 11.5 Å². The van der Waals surface area contributed by atoms with Gasteiger partial charge in [0.25, 0.3) is 0 Å². The third kappa shape index (κ3) is 2.88. The van der Waals surface area contributed by atoms with Gasteiger partial charge in [-0.3, -0.25) is 0 Å². The van der Waals surface area contributed by atoms with Crippen molar-refractivity contribution >= 4 is 11.3 Å². The Hall–Kier alpha value is -1.59. The number of aromatic nitrogens is 1. The lowest BCUT2D eigenvalue weighted by atomic mass is 10.2. The number of benzene rings is 1. The molecule has 0 unspecified atom stereocenters. The van der Waals surface area contributed by atoms with E-state index in [0.717, 1.165) is 34.3 Å². The van der Waals surface area contributed by atoms with Gasteiger partial charge in [0.05, 0.1) is 19.9 Å². The summed E-state index contributed by atoms with van der Waals surface area (Å²) < 4.78 is 10.6. The van der Waals surface area contributed by atoms with Crippen molar-refractivity contribution < 1.29 is 9.47 Å². The van der Waals surface area contributed by atoms with Crippen LogP contribution in [0, 0.1) is 6.92 Å². The van der Waals surface area contributed by atoms with Crippen LogP contribution in [-0.2, 0) is 6.54 Å². The Morgan fingerprint density at radius 1 is 1.21 bits per heavy atom. The number of thiazole rings is 1. The summed E-state index contributed by atoms with van der Waals surface area (Å²) in [6.07, 6.45) is 0. The average Bonchev–Trinajstić information content (AvgIpc) is 2.80. The van der Waals surface area contributed by atoms with Crippen molar-refractivity contribution in [1.82, 2.24) is 10.3 Å². The molecule has 0 fully saturated rings. The van der Waals surface area contributed by atoms with Crippen molar-refractivity contribution in [3.05, 3.63) is 28.8 Å². The summed E-state index contributed by atoms with van der Waals surface area (Å²) in [5, 5.41) is 4.16. The van der Waals surface area contributed by atoms with Gasteiger partial charge in [0.2, 0.25) is 0 Å². The largest absolute Gasteiger partial charge is 0.493 e. The molecule has 1 aromatic heterocycles. The molecule has 0 spiro atoms. The van der Waals surface area contributed by atoms with Gasteiger partial charge in [-0.2, -0.15) is 0 Å². The Morgan fingerprint density at radius 2 is 1.95 bits per heavy atom. The van der Waals surface area contributed by atoms with Gasteiger partial charge in [-0.15, -0.1) is 11.3 Å². The van der Waals surface area contributed by atoms with Crippen LogP contribution >= 0.6 is 11.3 Å². The Labute approximate surface area is 117 Å². The van der Waals surface area contributed by atoms with Gasteiger partial charge in [-0.05, 0) is 32.2 Å². The minimum Gasteiger partial charge on any atom is -0.493 e. The van der Waals surface area contributed by atoms with E-state index < -0.39 is 0 Å². The van der Waals surface area contributed by atoms with Gasteiger partial charge in [-0.25, -0.2) is 4.98 Å². The van der Waals surface area contributed by atoms with Crippen molar-refractivity contribution in [2.75, 3.05) is 21.3 Å². The first-order chi connectivity index (χ1) is 9.19. The molecule has 1 aromatic carbocycles. The van der Waals surface area contributed by atoms with Crippen LogP contribution in [0.25, 0.3) is 10.6 Å². The number of nitrogens with zero attached hydrogens (tertiary/aromatic N) is 1. The first-order valence-corrected chi connectivity index (χ1v) is 6.84. The highest BCUT2D eigenvalue weighted by Crippen LogP contribution is 2.34. The molecular weight excluding hydrogens is 260 g/mol. The molecule has 5 heteroatoms. The molecule has 0 saturated heterocycles. The lowest BCUT2D eigenvalue weighted by Crippen LogP contribution is -2.04. The maximum Gasteiger partial charge on any atom is 0.161 e. The molecule has 0 amide bonds. The van der Waals surface area contributed by atoms with E-state index >= 15 is 0 Å². The van der Waals surface area contributed by atoms with E-state index in [4.69, 9.17) is 9.47 Å². The summed E-state index contributed by atoms with van der Waals surface area (Å²) in [6.45, 7) is 2.88. The van der Waals surface area contributed by atoms with Crippen molar-refractivity contribution in [1.29, 1.82) is 0 Å². The normalized spacial score (nSPS) is 10.5.